The highest BCUT2D eigenvalue weighted by atomic mass is 32.2. The lowest BCUT2D eigenvalue weighted by molar-refractivity contribution is 0.288. The molecule has 0 amide bonds. The summed E-state index contributed by atoms with van der Waals surface area (Å²) in [6.45, 7) is 72.1. The van der Waals surface area contributed by atoms with E-state index in [2.05, 4.69) is 149 Å². The van der Waals surface area contributed by atoms with Crippen molar-refractivity contribution in [1.29, 1.82) is 0 Å². The molecule has 0 spiro atoms. The molecule has 0 saturated heterocycles. The highest BCUT2D eigenvalue weighted by molar-refractivity contribution is 7.99. The van der Waals surface area contributed by atoms with E-state index in [4.69, 9.17) is 4.74 Å². The Morgan fingerprint density at radius 2 is 0.789 bits per heavy atom. The van der Waals surface area contributed by atoms with Gasteiger partial charge < -0.3 is 4.74 Å². The smallest absolute Gasteiger partial charge is 0.147 e. The molecule has 0 atom stereocenters. The number of rotatable bonds is 0. The van der Waals surface area contributed by atoms with E-state index in [0.717, 1.165) is 58.5 Å². The summed E-state index contributed by atoms with van der Waals surface area (Å²) in [5.41, 5.74) is 10.1. The van der Waals surface area contributed by atoms with Crippen molar-refractivity contribution in [2.45, 2.75) is 280 Å². The van der Waals surface area contributed by atoms with Gasteiger partial charge in [-0.2, -0.15) is 25.5 Å². The molecular formula is C92H156N20OS. The predicted molar refractivity (Wildman–Crippen MR) is 494 cm³/mol. The average Bonchev–Trinajstić information content (AvgIpc) is 0.884. The summed E-state index contributed by atoms with van der Waals surface area (Å²) < 4.78 is 5.42. The first-order valence-electron chi connectivity index (χ1n) is 41.2. The summed E-state index contributed by atoms with van der Waals surface area (Å²) in [4.78, 5) is 47.3. The molecule has 636 valence electrons. The Kier molecular flexibility index (Phi) is 129. The van der Waals surface area contributed by atoms with Crippen LogP contribution in [0, 0.1) is 55.4 Å². The van der Waals surface area contributed by atoms with Crippen molar-refractivity contribution in [3.63, 3.8) is 0 Å². The van der Waals surface area contributed by atoms with Crippen LogP contribution in [0.4, 0.5) is 0 Å². The van der Waals surface area contributed by atoms with Crippen molar-refractivity contribution in [3.05, 3.63) is 278 Å². The van der Waals surface area contributed by atoms with Crippen LogP contribution in [0.1, 0.15) is 263 Å². The zero-order chi connectivity index (χ0) is 89.3. The van der Waals surface area contributed by atoms with Crippen LogP contribution < -0.4 is 4.74 Å². The van der Waals surface area contributed by atoms with Crippen molar-refractivity contribution < 1.29 is 4.74 Å². The van der Waals surface area contributed by atoms with Crippen LogP contribution in [-0.2, 0) is 12.8 Å². The van der Waals surface area contributed by atoms with Crippen LogP contribution in [0.2, 0.25) is 0 Å². The summed E-state index contributed by atoms with van der Waals surface area (Å²) in [5, 5.41) is 29.9. The van der Waals surface area contributed by atoms with Crippen molar-refractivity contribution in [3.8, 4) is 5.75 Å². The molecule has 0 radical (unpaired) electrons. The Bertz CT molecular complexity index is 2930. The number of para-hydroxylation sites is 2. The Morgan fingerprint density at radius 3 is 1.16 bits per heavy atom. The van der Waals surface area contributed by atoms with E-state index >= 15 is 0 Å². The minimum atomic E-state index is 0.711. The highest BCUT2D eigenvalue weighted by Gasteiger charge is 2.08. The van der Waals surface area contributed by atoms with E-state index in [1.54, 1.807) is 86.8 Å². The third kappa shape index (κ3) is 88.9. The minimum Gasteiger partial charge on any atom is -0.493 e. The normalized spacial score (nSPS) is 8.70. The summed E-state index contributed by atoms with van der Waals surface area (Å²) in [6.07, 6.45) is 34.3. The second kappa shape index (κ2) is 116. The average molecular weight is 1590 g/mol. The van der Waals surface area contributed by atoms with E-state index in [9.17, 15) is 0 Å². The van der Waals surface area contributed by atoms with Crippen LogP contribution in [0.15, 0.2) is 226 Å². The molecule has 3 aromatic carbocycles. The van der Waals surface area contributed by atoms with E-state index in [1.807, 2.05) is 321 Å². The quantitative estimate of drug-likeness (QED) is 0.136. The summed E-state index contributed by atoms with van der Waals surface area (Å²) >= 11 is 1.99. The van der Waals surface area contributed by atoms with E-state index in [1.165, 1.54) is 78.1 Å². The van der Waals surface area contributed by atoms with Crippen LogP contribution in [0.25, 0.3) is 10.9 Å². The summed E-state index contributed by atoms with van der Waals surface area (Å²) in [6, 6.07) is 36.8. The number of aromatic nitrogens is 20. The van der Waals surface area contributed by atoms with Gasteiger partial charge in [0.1, 0.15) is 49.0 Å². The molecule has 0 aliphatic carbocycles. The third-order valence-corrected chi connectivity index (χ3v) is 11.8. The molecule has 0 fully saturated rings. The van der Waals surface area contributed by atoms with E-state index < -0.39 is 0 Å². The lowest BCUT2D eigenvalue weighted by Gasteiger charge is -2.15. The maximum atomic E-state index is 5.42. The number of aryl methyl sites for hydroxylation is 10. The maximum Gasteiger partial charge on any atom is 0.147 e. The molecule has 14 rings (SSSR count). The van der Waals surface area contributed by atoms with Gasteiger partial charge in [0.25, 0.3) is 0 Å². The fourth-order valence-corrected chi connectivity index (χ4v) is 7.38. The Morgan fingerprint density at radius 1 is 0.281 bits per heavy atom. The summed E-state index contributed by atoms with van der Waals surface area (Å²) in [7, 11) is 0. The van der Waals surface area contributed by atoms with Gasteiger partial charge in [0.05, 0.1) is 54.0 Å². The predicted octanol–water partition coefficient (Wildman–Crippen LogP) is 25.8. The molecule has 2 aliphatic heterocycles. The molecule has 0 N–H and O–H groups in total. The van der Waals surface area contributed by atoms with Gasteiger partial charge in [-0.25, -0.2) is 39.9 Å². The van der Waals surface area contributed by atoms with Gasteiger partial charge in [-0.15, -0.1) is 27.1 Å². The van der Waals surface area contributed by atoms with Crippen LogP contribution in [-0.4, -0.2) is 113 Å². The van der Waals surface area contributed by atoms with E-state index in [0.29, 0.717) is 5.82 Å². The number of hydrogen-bond donors (Lipinski definition) is 0. The second-order valence-corrected chi connectivity index (χ2v) is 19.0. The van der Waals surface area contributed by atoms with Crippen molar-refractivity contribution in [2.24, 2.45) is 0 Å². The molecule has 114 heavy (non-hydrogen) atoms. The Balaban J connectivity index is -0.000000111. The number of benzene rings is 3. The topological polar surface area (TPSA) is 267 Å². The molecule has 0 bridgehead atoms. The number of ether oxygens (including phenoxy) is 1. The van der Waals surface area contributed by atoms with Gasteiger partial charge in [0, 0.05) is 71.7 Å². The molecule has 0 unspecified atom stereocenters. The fourth-order valence-electron chi connectivity index (χ4n) is 6.34. The van der Waals surface area contributed by atoms with Gasteiger partial charge in [0.15, 0.2) is 0 Å². The first-order chi connectivity index (χ1) is 56.0. The maximum absolute atomic E-state index is 5.42. The molecule has 21 nitrogen and oxygen atoms in total. The largest absolute Gasteiger partial charge is 0.493 e. The number of nitrogens with zero attached hydrogens (tertiary/aromatic N) is 20. The molecule has 22 heteroatoms. The van der Waals surface area contributed by atoms with Gasteiger partial charge in [-0.1, -0.05) is 255 Å². The minimum absolute atomic E-state index is 0.711. The first kappa shape index (κ1) is 127. The molecule has 9 aromatic heterocycles. The van der Waals surface area contributed by atoms with Crippen molar-refractivity contribution >= 4 is 22.7 Å². The van der Waals surface area contributed by atoms with Crippen LogP contribution in [0.3, 0.4) is 0 Å². The molecular weight excluding hydrogens is 1430 g/mol. The third-order valence-electron chi connectivity index (χ3n) is 10.6. The summed E-state index contributed by atoms with van der Waals surface area (Å²) in [5.74, 6) is 3.85. The van der Waals surface area contributed by atoms with Gasteiger partial charge in [0.2, 0.25) is 0 Å². The Hall–Kier alpha value is -10.4. The van der Waals surface area contributed by atoms with Gasteiger partial charge >= 0.3 is 0 Å². The molecule has 12 aromatic rings. The number of pyridine rings is 2. The number of thioether (sulfide) groups is 1. The van der Waals surface area contributed by atoms with Crippen LogP contribution >= 0.6 is 11.8 Å². The number of fused-ring (bicyclic) bond motifs is 3. The lowest BCUT2D eigenvalue weighted by Crippen LogP contribution is -2.07. The first-order valence-corrected chi connectivity index (χ1v) is 42.2. The molecule has 2 aliphatic rings. The van der Waals surface area contributed by atoms with E-state index in [-0.39, 0.29) is 0 Å². The van der Waals surface area contributed by atoms with Gasteiger partial charge in [-0.3, -0.25) is 19.9 Å². The molecule has 11 heterocycles. The van der Waals surface area contributed by atoms with Gasteiger partial charge in [-0.05, 0) is 158 Å². The SMILES string of the molecule is CC.CC.CC.CC.CC.CC.CC.CC.CC.CC.CC.CC.CC.CC.Cc1ccncc1.Cc1ccncn1.Cc1ccnnc1.Cc1cnccn1.Cc1cncnn1.Cc1cnncn1.Cc1nccnn1.Cc1ncncn1.c1ccc2c(c1)CCCO2.c1ccc2c(c1)CCCS2.c1ccc2ncccc2c1. The molecule has 0 saturated carbocycles. The number of hydrogen-bond acceptors (Lipinski definition) is 22. The highest BCUT2D eigenvalue weighted by Crippen LogP contribution is 2.29. The Labute approximate surface area is 700 Å². The lowest BCUT2D eigenvalue weighted by atomic mass is 10.1. The zero-order valence-electron chi connectivity index (χ0n) is 77.8. The monoisotopic (exact) mass is 1590 g/mol. The van der Waals surface area contributed by atoms with Crippen LogP contribution in [0.5, 0.6) is 5.75 Å². The standard InChI is InChI=1S/C9H7N.C9H10O.C9H10S.C6H7N.3C5H6N2.4C4H5N3.14C2H6/c3*1-2-6-9-8(4-1)5-3-7-10-9;1-6-2-4-7-5-3-6;1-5-4-6-2-3-7-5;1-5-2-3-6-4-7-5;1-5-2-3-6-7-4-5;1-4-6-2-5-3-7-4;1-4-2-6-7-3-5-4;1-4-2-5-3-6-7-4;1-4-5-2-3-6-7-4;14*1-2/h1-7H;2*1-2,4,6H,3,5,7H2;2-5H,1H3;3*2-4H,1H3;4*2-3H,1H3;14*1-2H3. The van der Waals surface area contributed by atoms with Crippen molar-refractivity contribution in [2.75, 3.05) is 12.4 Å². The zero-order valence-corrected chi connectivity index (χ0v) is 78.6. The second-order valence-electron chi connectivity index (χ2n) is 17.8. The fraction of sp³-hybridized carbons (Fsp3) is 0.457. The van der Waals surface area contributed by atoms with Crippen molar-refractivity contribution in [1.82, 2.24) is 101 Å².